The number of fused-ring (bicyclic) bond motifs is 1. The SMILES string of the molecule is Cc1ccc(-n2nc(C(C)(C)C)cc2NC(=O)Nc2cccc(CC3CCN(C(=O)C=Cc4ccc5c(c4)OC(F)(F)O5)CC3)c2)cc1. The van der Waals surface area contributed by atoms with E-state index in [2.05, 4.69) is 40.9 Å². The summed E-state index contributed by atoms with van der Waals surface area (Å²) in [4.78, 5) is 27.8. The number of nitrogens with one attached hydrogen (secondary N) is 2. The second-order valence-corrected chi connectivity index (χ2v) is 13.4. The van der Waals surface area contributed by atoms with Gasteiger partial charge in [-0.1, -0.05) is 56.7 Å². The largest absolute Gasteiger partial charge is 0.586 e. The van der Waals surface area contributed by atoms with E-state index in [0.29, 0.717) is 36.1 Å². The molecule has 0 spiro atoms. The number of carbonyl (C=O) groups is 2. The van der Waals surface area contributed by atoms with Gasteiger partial charge in [-0.05, 0) is 85.7 Å². The maximum atomic E-state index is 13.3. The van der Waals surface area contributed by atoms with Gasteiger partial charge in [0, 0.05) is 36.3 Å². The number of amides is 3. The molecule has 0 saturated carbocycles. The van der Waals surface area contributed by atoms with E-state index in [0.717, 1.165) is 41.8 Å². The van der Waals surface area contributed by atoms with Gasteiger partial charge in [-0.3, -0.25) is 10.1 Å². The van der Waals surface area contributed by atoms with Crippen LogP contribution in [0.1, 0.15) is 56.0 Å². The van der Waals surface area contributed by atoms with Gasteiger partial charge in [0.15, 0.2) is 11.5 Å². The van der Waals surface area contributed by atoms with Crippen molar-refractivity contribution in [2.24, 2.45) is 5.92 Å². The normalized spacial score (nSPS) is 15.9. The van der Waals surface area contributed by atoms with Crippen molar-refractivity contribution in [3.63, 3.8) is 0 Å². The lowest BCUT2D eigenvalue weighted by Crippen LogP contribution is -2.37. The van der Waals surface area contributed by atoms with E-state index in [-0.39, 0.29) is 28.9 Å². The highest BCUT2D eigenvalue weighted by Crippen LogP contribution is 2.41. The summed E-state index contributed by atoms with van der Waals surface area (Å²) in [7, 11) is 0. The van der Waals surface area contributed by atoms with Crippen molar-refractivity contribution in [2.75, 3.05) is 23.7 Å². The number of hydrogen-bond acceptors (Lipinski definition) is 5. The topological polar surface area (TPSA) is 97.7 Å². The van der Waals surface area contributed by atoms with Gasteiger partial charge in [0.1, 0.15) is 5.82 Å². The molecule has 1 aromatic heterocycles. The molecule has 48 heavy (non-hydrogen) atoms. The predicted octanol–water partition coefficient (Wildman–Crippen LogP) is 7.94. The zero-order chi connectivity index (χ0) is 34.1. The molecule has 0 bridgehead atoms. The molecule has 0 aliphatic carbocycles. The van der Waals surface area contributed by atoms with Gasteiger partial charge in [-0.25, -0.2) is 9.48 Å². The number of likely N-dealkylation sites (tertiary alicyclic amines) is 1. The number of anilines is 2. The van der Waals surface area contributed by atoms with E-state index in [1.807, 2.05) is 61.5 Å². The molecule has 2 N–H and O–H groups in total. The van der Waals surface area contributed by atoms with E-state index in [4.69, 9.17) is 5.10 Å². The fourth-order valence-corrected chi connectivity index (χ4v) is 5.81. The first-order valence-electron chi connectivity index (χ1n) is 16.0. The van der Waals surface area contributed by atoms with Crippen molar-refractivity contribution in [2.45, 2.75) is 58.7 Å². The van der Waals surface area contributed by atoms with E-state index in [1.165, 1.54) is 18.2 Å². The second-order valence-electron chi connectivity index (χ2n) is 13.4. The third kappa shape index (κ3) is 7.84. The van der Waals surface area contributed by atoms with Crippen LogP contribution in [0.4, 0.5) is 25.1 Å². The fraction of sp³-hybridized carbons (Fsp3) is 0.324. The molecule has 9 nitrogen and oxygen atoms in total. The van der Waals surface area contributed by atoms with Crippen LogP contribution in [0.5, 0.6) is 11.5 Å². The number of ether oxygens (including phenoxy) is 2. The first kappa shape index (κ1) is 32.7. The van der Waals surface area contributed by atoms with Gasteiger partial charge >= 0.3 is 12.3 Å². The Morgan fingerprint density at radius 2 is 1.69 bits per heavy atom. The Labute approximate surface area is 278 Å². The number of alkyl halides is 2. The van der Waals surface area contributed by atoms with Crippen molar-refractivity contribution in [3.05, 3.63) is 101 Å². The summed E-state index contributed by atoms with van der Waals surface area (Å²) in [5.41, 5.74) is 5.01. The number of piperidine rings is 1. The molecule has 6 rings (SSSR count). The lowest BCUT2D eigenvalue weighted by Gasteiger charge is -2.31. The van der Waals surface area contributed by atoms with Crippen LogP contribution in [-0.4, -0.2) is 46.0 Å². The minimum atomic E-state index is -3.68. The Morgan fingerprint density at radius 3 is 2.42 bits per heavy atom. The maximum Gasteiger partial charge on any atom is 0.586 e. The van der Waals surface area contributed by atoms with E-state index < -0.39 is 6.29 Å². The Bertz CT molecular complexity index is 1840. The number of halogens is 2. The minimum Gasteiger partial charge on any atom is -0.395 e. The second kappa shape index (κ2) is 13.1. The van der Waals surface area contributed by atoms with Crippen molar-refractivity contribution in [1.82, 2.24) is 14.7 Å². The number of rotatable bonds is 7. The van der Waals surface area contributed by atoms with Crippen molar-refractivity contribution >= 4 is 29.5 Å². The van der Waals surface area contributed by atoms with Crippen molar-refractivity contribution in [3.8, 4) is 17.2 Å². The molecule has 3 heterocycles. The highest BCUT2D eigenvalue weighted by Gasteiger charge is 2.43. The van der Waals surface area contributed by atoms with Crippen LogP contribution in [-0.2, 0) is 16.6 Å². The molecule has 1 fully saturated rings. The van der Waals surface area contributed by atoms with E-state index in [9.17, 15) is 18.4 Å². The summed E-state index contributed by atoms with van der Waals surface area (Å²) >= 11 is 0. The summed E-state index contributed by atoms with van der Waals surface area (Å²) in [6, 6.07) is 21.8. The third-order valence-electron chi connectivity index (χ3n) is 8.48. The summed E-state index contributed by atoms with van der Waals surface area (Å²) in [5.74, 6) is 0.737. The van der Waals surface area contributed by atoms with E-state index >= 15 is 0 Å². The number of urea groups is 1. The summed E-state index contributed by atoms with van der Waals surface area (Å²) in [5, 5.41) is 10.7. The molecule has 2 aliphatic heterocycles. The Morgan fingerprint density at radius 1 is 0.958 bits per heavy atom. The monoisotopic (exact) mass is 655 g/mol. The average Bonchev–Trinajstić information content (AvgIpc) is 3.60. The maximum absolute atomic E-state index is 13.3. The van der Waals surface area contributed by atoms with Crippen molar-refractivity contribution in [1.29, 1.82) is 0 Å². The zero-order valence-corrected chi connectivity index (χ0v) is 27.4. The Kier molecular flexibility index (Phi) is 8.96. The average molecular weight is 656 g/mol. The first-order valence-corrected chi connectivity index (χ1v) is 16.0. The number of benzene rings is 3. The van der Waals surface area contributed by atoms with E-state index in [1.54, 1.807) is 21.7 Å². The molecule has 0 unspecified atom stereocenters. The van der Waals surface area contributed by atoms with Gasteiger partial charge in [-0.2, -0.15) is 5.10 Å². The molecular weight excluding hydrogens is 616 g/mol. The van der Waals surface area contributed by atoms with Crippen LogP contribution in [0.3, 0.4) is 0 Å². The molecule has 4 aromatic rings. The van der Waals surface area contributed by atoms with Crippen LogP contribution in [0.25, 0.3) is 11.8 Å². The number of aromatic nitrogens is 2. The fourth-order valence-electron chi connectivity index (χ4n) is 5.81. The standard InChI is InChI=1S/C37H39F2N5O4/c1-24-8-12-29(13-9-24)44-33(23-32(42-44)36(2,3)4)41-35(46)40-28-7-5-6-27(21-28)20-26-16-18-43(19-17-26)34(45)15-11-25-10-14-30-31(22-25)48-37(38,39)47-30/h5-15,21-23,26H,16-20H2,1-4H3,(H2,40,41,46). The van der Waals surface area contributed by atoms with Gasteiger partial charge in [-0.15, -0.1) is 8.78 Å². The summed E-state index contributed by atoms with van der Waals surface area (Å²) < 4.78 is 37.3. The highest BCUT2D eigenvalue weighted by atomic mass is 19.3. The van der Waals surface area contributed by atoms with Gasteiger partial charge in [0.2, 0.25) is 5.91 Å². The third-order valence-corrected chi connectivity index (χ3v) is 8.48. The van der Waals surface area contributed by atoms with Gasteiger partial charge in [0.05, 0.1) is 11.4 Å². The number of carbonyl (C=O) groups excluding carboxylic acids is 2. The Balaban J connectivity index is 1.02. The lowest BCUT2D eigenvalue weighted by molar-refractivity contribution is -0.286. The molecule has 11 heteroatoms. The van der Waals surface area contributed by atoms with Crippen molar-refractivity contribution < 1.29 is 27.8 Å². The van der Waals surface area contributed by atoms with Crippen LogP contribution >= 0.6 is 0 Å². The highest BCUT2D eigenvalue weighted by molar-refractivity contribution is 5.99. The van der Waals surface area contributed by atoms with Crippen LogP contribution < -0.4 is 20.1 Å². The quantitative estimate of drug-likeness (QED) is 0.197. The first-order chi connectivity index (χ1) is 22.8. The summed E-state index contributed by atoms with van der Waals surface area (Å²) in [6.07, 6.45) is 1.87. The zero-order valence-electron chi connectivity index (χ0n) is 27.4. The lowest BCUT2D eigenvalue weighted by atomic mass is 9.90. The summed E-state index contributed by atoms with van der Waals surface area (Å²) in [6.45, 7) is 9.51. The molecule has 3 aromatic carbocycles. The molecule has 0 atom stereocenters. The van der Waals surface area contributed by atoms with Crippen LogP contribution in [0.15, 0.2) is 78.9 Å². The Hall–Kier alpha value is -5.19. The number of hydrogen-bond donors (Lipinski definition) is 2. The van der Waals surface area contributed by atoms with Crippen LogP contribution in [0, 0.1) is 12.8 Å². The molecule has 2 aliphatic rings. The van der Waals surface area contributed by atoms with Gasteiger partial charge < -0.3 is 19.7 Å². The number of nitrogens with zero attached hydrogens (tertiary/aromatic N) is 3. The molecule has 250 valence electrons. The number of aryl methyl sites for hydroxylation is 1. The molecule has 3 amide bonds. The van der Waals surface area contributed by atoms with Crippen LogP contribution in [0.2, 0.25) is 0 Å². The minimum absolute atomic E-state index is 0.0353. The molecule has 1 saturated heterocycles. The smallest absolute Gasteiger partial charge is 0.395 e. The molecular formula is C37H39F2N5O4. The predicted molar refractivity (Wildman–Crippen MR) is 181 cm³/mol. The molecule has 0 radical (unpaired) electrons. The van der Waals surface area contributed by atoms with Gasteiger partial charge in [0.25, 0.3) is 0 Å².